The average molecular weight is 275 g/mol. The number of ether oxygens (including phenoxy) is 1. The number of imidazole rings is 1. The number of nitro benzene ring substituents is 1. The Bertz CT molecular complexity index is 646. The van der Waals surface area contributed by atoms with Crippen LogP contribution in [0.5, 0.6) is 0 Å². The highest BCUT2D eigenvalue weighted by Gasteiger charge is 2.15. The molecule has 2 aromatic rings. The number of rotatable bonds is 4. The maximum Gasteiger partial charge on any atom is 0.356 e. The zero-order valence-corrected chi connectivity index (χ0v) is 11.1. The molecular weight excluding hydrogens is 262 g/mol. The fraction of sp³-hybridized carbons (Fsp3) is 0.231. The number of nitrogens with zero attached hydrogens (tertiary/aromatic N) is 3. The summed E-state index contributed by atoms with van der Waals surface area (Å²) in [5.41, 5.74) is 1.22. The highest BCUT2D eigenvalue weighted by Crippen LogP contribution is 2.15. The van der Waals surface area contributed by atoms with Gasteiger partial charge in [0, 0.05) is 18.7 Å². The molecule has 0 unspecified atom stereocenters. The van der Waals surface area contributed by atoms with Crippen LogP contribution in [0.3, 0.4) is 0 Å². The third-order valence-electron chi connectivity index (χ3n) is 2.94. The van der Waals surface area contributed by atoms with Crippen LogP contribution in [0.2, 0.25) is 0 Å². The highest BCUT2D eigenvalue weighted by molar-refractivity contribution is 5.87. The molecule has 0 radical (unpaired) electrons. The van der Waals surface area contributed by atoms with E-state index in [0.29, 0.717) is 18.1 Å². The van der Waals surface area contributed by atoms with E-state index in [2.05, 4.69) is 9.72 Å². The average Bonchev–Trinajstić information content (AvgIpc) is 2.80. The van der Waals surface area contributed by atoms with Crippen molar-refractivity contribution in [1.29, 1.82) is 0 Å². The highest BCUT2D eigenvalue weighted by atomic mass is 16.6. The molecule has 0 aliphatic heterocycles. The lowest BCUT2D eigenvalue weighted by Crippen LogP contribution is -2.12. The molecule has 0 aliphatic carbocycles. The van der Waals surface area contributed by atoms with E-state index in [1.807, 2.05) is 0 Å². The van der Waals surface area contributed by atoms with Gasteiger partial charge in [-0.2, -0.15) is 0 Å². The van der Waals surface area contributed by atoms with Crippen molar-refractivity contribution < 1.29 is 14.5 Å². The summed E-state index contributed by atoms with van der Waals surface area (Å²) in [7, 11) is 1.31. The third kappa shape index (κ3) is 2.66. The van der Waals surface area contributed by atoms with E-state index in [9.17, 15) is 14.9 Å². The van der Waals surface area contributed by atoms with E-state index < -0.39 is 10.9 Å². The molecule has 7 heteroatoms. The van der Waals surface area contributed by atoms with Crippen molar-refractivity contribution in [2.75, 3.05) is 7.11 Å². The minimum absolute atomic E-state index is 0.0318. The van der Waals surface area contributed by atoms with E-state index in [1.165, 1.54) is 25.4 Å². The lowest BCUT2D eigenvalue weighted by Gasteiger charge is -2.09. The Morgan fingerprint density at radius 2 is 2.05 bits per heavy atom. The number of nitro groups is 1. The van der Waals surface area contributed by atoms with Crippen molar-refractivity contribution in [1.82, 2.24) is 9.55 Å². The summed E-state index contributed by atoms with van der Waals surface area (Å²) >= 11 is 0. The van der Waals surface area contributed by atoms with Crippen LogP contribution in [-0.2, 0) is 11.3 Å². The molecule has 0 aliphatic rings. The predicted octanol–water partition coefficient (Wildman–Crippen LogP) is 1.93. The van der Waals surface area contributed by atoms with Gasteiger partial charge in [-0.05, 0) is 12.5 Å². The van der Waals surface area contributed by atoms with Gasteiger partial charge in [-0.25, -0.2) is 9.78 Å². The van der Waals surface area contributed by atoms with E-state index in [1.54, 1.807) is 23.6 Å². The van der Waals surface area contributed by atoms with Crippen LogP contribution in [0.15, 0.2) is 30.5 Å². The fourth-order valence-electron chi connectivity index (χ4n) is 1.84. The Morgan fingerprint density at radius 1 is 1.40 bits per heavy atom. The van der Waals surface area contributed by atoms with Crippen LogP contribution in [0.4, 0.5) is 5.69 Å². The summed E-state index contributed by atoms with van der Waals surface area (Å²) in [6.45, 7) is 2.17. The van der Waals surface area contributed by atoms with Gasteiger partial charge in [-0.3, -0.25) is 10.1 Å². The molecule has 1 aromatic heterocycles. The Morgan fingerprint density at radius 3 is 2.60 bits per heavy atom. The van der Waals surface area contributed by atoms with Gasteiger partial charge >= 0.3 is 5.97 Å². The van der Waals surface area contributed by atoms with Gasteiger partial charge in [0.05, 0.1) is 18.2 Å². The van der Waals surface area contributed by atoms with Gasteiger partial charge in [-0.15, -0.1) is 0 Å². The van der Waals surface area contributed by atoms with Gasteiger partial charge in [0.25, 0.3) is 5.69 Å². The predicted molar refractivity (Wildman–Crippen MR) is 70.5 cm³/mol. The second kappa shape index (κ2) is 5.52. The Kier molecular flexibility index (Phi) is 3.79. The summed E-state index contributed by atoms with van der Waals surface area (Å²) in [5.74, 6) is 0.205. The first kappa shape index (κ1) is 13.7. The lowest BCUT2D eigenvalue weighted by atomic mass is 10.2. The SMILES string of the molecule is COC(=O)c1cnc(C)n1Cc1ccc([N+](=O)[O-])cc1. The van der Waals surface area contributed by atoms with E-state index in [0.717, 1.165) is 5.56 Å². The zero-order chi connectivity index (χ0) is 14.7. The number of carbonyl (C=O) groups is 1. The number of carbonyl (C=O) groups excluding carboxylic acids is 1. The van der Waals surface area contributed by atoms with Crippen LogP contribution in [0, 0.1) is 17.0 Å². The topological polar surface area (TPSA) is 87.3 Å². The first-order chi connectivity index (χ1) is 9.52. The van der Waals surface area contributed by atoms with Crippen molar-refractivity contribution in [2.45, 2.75) is 13.5 Å². The molecule has 0 bridgehead atoms. The minimum Gasteiger partial charge on any atom is -0.464 e. The Hall–Kier alpha value is -2.70. The monoisotopic (exact) mass is 275 g/mol. The van der Waals surface area contributed by atoms with E-state index >= 15 is 0 Å². The van der Waals surface area contributed by atoms with Crippen molar-refractivity contribution >= 4 is 11.7 Å². The molecule has 0 fully saturated rings. The normalized spacial score (nSPS) is 10.3. The molecule has 0 atom stereocenters. The summed E-state index contributed by atoms with van der Waals surface area (Å²) in [4.78, 5) is 25.8. The molecule has 2 rings (SSSR count). The van der Waals surface area contributed by atoms with Gasteiger partial charge < -0.3 is 9.30 Å². The smallest absolute Gasteiger partial charge is 0.356 e. The number of methoxy groups -OCH3 is 1. The summed E-state index contributed by atoms with van der Waals surface area (Å²) in [5, 5.41) is 10.6. The summed E-state index contributed by atoms with van der Waals surface area (Å²) < 4.78 is 6.39. The van der Waals surface area contributed by atoms with Crippen molar-refractivity contribution in [2.24, 2.45) is 0 Å². The molecule has 0 amide bonds. The number of non-ortho nitro benzene ring substituents is 1. The molecule has 0 saturated carbocycles. The third-order valence-corrected chi connectivity index (χ3v) is 2.94. The molecule has 1 heterocycles. The van der Waals surface area contributed by atoms with Gasteiger partial charge in [0.1, 0.15) is 11.5 Å². The number of aryl methyl sites for hydroxylation is 1. The van der Waals surface area contributed by atoms with Crippen molar-refractivity contribution in [3.8, 4) is 0 Å². The van der Waals surface area contributed by atoms with Crippen LogP contribution in [-0.4, -0.2) is 27.6 Å². The second-order valence-corrected chi connectivity index (χ2v) is 4.19. The van der Waals surface area contributed by atoms with Crippen LogP contribution >= 0.6 is 0 Å². The molecule has 7 nitrogen and oxygen atoms in total. The zero-order valence-electron chi connectivity index (χ0n) is 11.1. The number of aromatic nitrogens is 2. The molecule has 104 valence electrons. The Labute approximate surface area is 115 Å². The van der Waals surface area contributed by atoms with E-state index in [-0.39, 0.29) is 5.69 Å². The summed E-state index contributed by atoms with van der Waals surface area (Å²) in [6.07, 6.45) is 1.45. The fourth-order valence-corrected chi connectivity index (χ4v) is 1.84. The summed E-state index contributed by atoms with van der Waals surface area (Å²) in [6, 6.07) is 6.16. The number of hydrogen-bond donors (Lipinski definition) is 0. The molecule has 0 N–H and O–H groups in total. The van der Waals surface area contributed by atoms with E-state index in [4.69, 9.17) is 0 Å². The maximum atomic E-state index is 11.6. The van der Waals surface area contributed by atoms with Crippen LogP contribution < -0.4 is 0 Å². The lowest BCUT2D eigenvalue weighted by molar-refractivity contribution is -0.384. The molecule has 0 saturated heterocycles. The molecule has 0 spiro atoms. The number of esters is 1. The van der Waals surface area contributed by atoms with Gasteiger partial charge in [0.15, 0.2) is 0 Å². The van der Waals surface area contributed by atoms with Crippen molar-refractivity contribution in [3.05, 3.63) is 57.7 Å². The number of benzene rings is 1. The Balaban J connectivity index is 2.28. The second-order valence-electron chi connectivity index (χ2n) is 4.19. The standard InChI is InChI=1S/C13H13N3O4/c1-9-14-7-12(13(17)20-2)15(9)8-10-3-5-11(6-4-10)16(18)19/h3-7H,8H2,1-2H3. The molecule has 1 aromatic carbocycles. The van der Waals surface area contributed by atoms with Crippen molar-refractivity contribution in [3.63, 3.8) is 0 Å². The molecular formula is C13H13N3O4. The van der Waals surface area contributed by atoms with Crippen LogP contribution in [0.1, 0.15) is 21.9 Å². The number of hydrogen-bond acceptors (Lipinski definition) is 5. The quantitative estimate of drug-likeness (QED) is 0.483. The minimum atomic E-state index is -0.465. The first-order valence-electron chi connectivity index (χ1n) is 5.86. The largest absolute Gasteiger partial charge is 0.464 e. The first-order valence-corrected chi connectivity index (χ1v) is 5.86. The van der Waals surface area contributed by atoms with Gasteiger partial charge in [0.2, 0.25) is 0 Å². The maximum absolute atomic E-state index is 11.6. The molecule has 20 heavy (non-hydrogen) atoms. The van der Waals surface area contributed by atoms with Gasteiger partial charge in [-0.1, -0.05) is 12.1 Å². The van der Waals surface area contributed by atoms with Crippen LogP contribution in [0.25, 0.3) is 0 Å².